The Morgan fingerprint density at radius 2 is 1.68 bits per heavy atom. The highest BCUT2D eigenvalue weighted by Crippen LogP contribution is 2.49. The molecule has 41 heavy (non-hydrogen) atoms. The summed E-state index contributed by atoms with van der Waals surface area (Å²) in [6.45, 7) is 2.50. The summed E-state index contributed by atoms with van der Waals surface area (Å²) in [4.78, 5) is 12.9. The van der Waals surface area contributed by atoms with Crippen LogP contribution in [0.2, 0.25) is 0 Å². The SMILES string of the molecule is COSN(C)NC(=O)C1(c2ccc(-c3ccc(-c4onc(C)c4C(O)COCCc4ccccc4)cc3)cc2)CC1. The van der Waals surface area contributed by atoms with Crippen LogP contribution < -0.4 is 5.43 Å². The van der Waals surface area contributed by atoms with Crippen molar-refractivity contribution in [1.82, 2.24) is 15.0 Å². The third-order valence-electron chi connectivity index (χ3n) is 7.44. The molecule has 9 heteroatoms. The van der Waals surface area contributed by atoms with Crippen LogP contribution >= 0.6 is 12.2 Å². The molecule has 0 bridgehead atoms. The summed E-state index contributed by atoms with van der Waals surface area (Å²) in [5, 5.41) is 15.0. The Bertz CT molecular complexity index is 1440. The van der Waals surface area contributed by atoms with Gasteiger partial charge in [0.1, 0.15) is 18.3 Å². The molecule has 1 heterocycles. The van der Waals surface area contributed by atoms with Gasteiger partial charge in [-0.15, -0.1) is 4.41 Å². The third kappa shape index (κ3) is 6.72. The van der Waals surface area contributed by atoms with Gasteiger partial charge in [-0.05, 0) is 48.4 Å². The molecule has 0 saturated heterocycles. The van der Waals surface area contributed by atoms with Crippen LogP contribution in [0.25, 0.3) is 22.5 Å². The van der Waals surface area contributed by atoms with Crippen molar-refractivity contribution in [2.75, 3.05) is 27.4 Å². The Morgan fingerprint density at radius 1 is 1.05 bits per heavy atom. The molecule has 1 amide bonds. The van der Waals surface area contributed by atoms with Crippen molar-refractivity contribution in [1.29, 1.82) is 0 Å². The summed E-state index contributed by atoms with van der Waals surface area (Å²) in [5.74, 6) is 0.519. The van der Waals surface area contributed by atoms with Gasteiger partial charge in [0.2, 0.25) is 5.91 Å². The second-order valence-electron chi connectivity index (χ2n) is 10.3. The Hall–Kier alpha value is -3.47. The lowest BCUT2D eigenvalue weighted by Gasteiger charge is -2.20. The molecule has 5 rings (SSSR count). The largest absolute Gasteiger partial charge is 0.386 e. The van der Waals surface area contributed by atoms with E-state index < -0.39 is 11.5 Å². The van der Waals surface area contributed by atoms with E-state index in [1.165, 1.54) is 5.56 Å². The van der Waals surface area contributed by atoms with Gasteiger partial charge in [0.25, 0.3) is 0 Å². The number of nitrogens with one attached hydrogen (secondary N) is 1. The summed E-state index contributed by atoms with van der Waals surface area (Å²) < 4.78 is 18.0. The zero-order valence-corrected chi connectivity index (χ0v) is 24.3. The number of aliphatic hydroxyl groups is 1. The Balaban J connectivity index is 1.23. The number of aryl methyl sites for hydroxylation is 1. The number of hydrazine groups is 1. The summed E-state index contributed by atoms with van der Waals surface area (Å²) >= 11 is 1.08. The fourth-order valence-corrected chi connectivity index (χ4v) is 5.38. The maximum Gasteiger partial charge on any atom is 0.245 e. The lowest BCUT2D eigenvalue weighted by molar-refractivity contribution is -0.126. The Labute approximate surface area is 245 Å². The van der Waals surface area contributed by atoms with Gasteiger partial charge in [-0.1, -0.05) is 84.0 Å². The predicted molar refractivity (Wildman–Crippen MR) is 159 cm³/mol. The predicted octanol–water partition coefficient (Wildman–Crippen LogP) is 5.81. The summed E-state index contributed by atoms with van der Waals surface area (Å²) in [5.41, 5.74) is 8.79. The molecule has 1 unspecified atom stereocenters. The quantitative estimate of drug-likeness (QED) is 0.0895. The number of amides is 1. The van der Waals surface area contributed by atoms with E-state index in [1.54, 1.807) is 18.6 Å². The van der Waals surface area contributed by atoms with Gasteiger partial charge in [-0.2, -0.15) is 0 Å². The first-order valence-corrected chi connectivity index (χ1v) is 14.3. The number of carbonyl (C=O) groups excluding carboxylic acids is 1. The van der Waals surface area contributed by atoms with Crippen LogP contribution in [0, 0.1) is 6.92 Å². The summed E-state index contributed by atoms with van der Waals surface area (Å²) in [6, 6.07) is 26.3. The highest BCUT2D eigenvalue weighted by Gasteiger charge is 2.51. The van der Waals surface area contributed by atoms with Gasteiger partial charge in [-0.25, -0.2) is 0 Å². The van der Waals surface area contributed by atoms with Gasteiger partial charge in [0, 0.05) is 12.6 Å². The fraction of sp³-hybridized carbons (Fsp3) is 0.312. The Morgan fingerprint density at radius 3 is 2.32 bits per heavy atom. The molecule has 1 saturated carbocycles. The minimum atomic E-state index is -0.848. The van der Waals surface area contributed by atoms with E-state index in [0.717, 1.165) is 53.7 Å². The summed E-state index contributed by atoms with van der Waals surface area (Å²) in [7, 11) is 3.31. The van der Waals surface area contributed by atoms with E-state index >= 15 is 0 Å². The second kappa shape index (κ2) is 13.0. The van der Waals surface area contributed by atoms with E-state index in [0.29, 0.717) is 23.6 Å². The molecule has 4 aromatic rings. The van der Waals surface area contributed by atoms with Crippen LogP contribution in [-0.4, -0.2) is 48.0 Å². The van der Waals surface area contributed by atoms with Crippen LogP contribution in [0.15, 0.2) is 83.4 Å². The maximum atomic E-state index is 12.9. The second-order valence-corrected chi connectivity index (χ2v) is 11.3. The average Bonchev–Trinajstić information content (AvgIpc) is 3.72. The first kappa shape index (κ1) is 29.0. The van der Waals surface area contributed by atoms with Crippen LogP contribution in [-0.2, 0) is 25.6 Å². The monoisotopic (exact) mass is 573 g/mol. The lowest BCUT2D eigenvalue weighted by Crippen LogP contribution is -2.41. The van der Waals surface area contributed by atoms with E-state index in [1.807, 2.05) is 73.7 Å². The number of rotatable bonds is 13. The van der Waals surface area contributed by atoms with E-state index in [9.17, 15) is 9.90 Å². The van der Waals surface area contributed by atoms with Crippen molar-refractivity contribution in [3.8, 4) is 22.5 Å². The minimum absolute atomic E-state index is 0.0245. The average molecular weight is 574 g/mol. The first-order chi connectivity index (χ1) is 19.9. The van der Waals surface area contributed by atoms with Crippen LogP contribution in [0.5, 0.6) is 0 Å². The highest BCUT2D eigenvalue weighted by molar-refractivity contribution is 7.92. The van der Waals surface area contributed by atoms with Gasteiger partial charge < -0.3 is 18.5 Å². The standard InChI is InChI=1S/C32H35N3O5S/c1-22-29(28(36)21-39-20-17-23-7-5-4-6-8-23)30(40-34-22)26-11-9-24(10-12-26)25-13-15-27(16-14-25)32(18-19-32)31(37)33-35(2)41-38-3/h4-16,28,36H,17-21H2,1-3H3,(H,33,37). The van der Waals surface area contributed by atoms with Gasteiger partial charge >= 0.3 is 0 Å². The third-order valence-corrected chi connectivity index (χ3v) is 7.91. The number of hydrogen-bond donors (Lipinski definition) is 2. The van der Waals surface area contributed by atoms with Gasteiger partial charge in [0.15, 0.2) is 5.76 Å². The molecule has 0 radical (unpaired) electrons. The molecular formula is C32H35N3O5S. The molecule has 3 aromatic carbocycles. The summed E-state index contributed by atoms with van der Waals surface area (Å²) in [6.07, 6.45) is 1.58. The molecule has 0 aliphatic heterocycles. The van der Waals surface area contributed by atoms with E-state index in [-0.39, 0.29) is 12.5 Å². The molecule has 1 atom stereocenters. The zero-order chi connectivity index (χ0) is 28.8. The Kier molecular flexibility index (Phi) is 9.22. The number of nitrogens with zero attached hydrogens (tertiary/aromatic N) is 2. The van der Waals surface area contributed by atoms with E-state index in [4.69, 9.17) is 13.4 Å². The fourth-order valence-electron chi connectivity index (χ4n) is 5.04. The molecular weight excluding hydrogens is 538 g/mol. The highest BCUT2D eigenvalue weighted by atomic mass is 32.2. The smallest absolute Gasteiger partial charge is 0.245 e. The lowest BCUT2D eigenvalue weighted by atomic mass is 9.92. The topological polar surface area (TPSA) is 97.1 Å². The van der Waals surface area contributed by atoms with Crippen molar-refractivity contribution in [3.05, 3.63) is 101 Å². The number of carbonyl (C=O) groups is 1. The van der Waals surface area contributed by atoms with E-state index in [2.05, 4.69) is 22.7 Å². The number of benzene rings is 3. The molecule has 1 fully saturated rings. The van der Waals surface area contributed by atoms with Crippen LogP contribution in [0.1, 0.15) is 41.3 Å². The normalized spacial score (nSPS) is 14.7. The minimum Gasteiger partial charge on any atom is -0.386 e. The van der Waals surface area contributed by atoms with Crippen molar-refractivity contribution in [2.24, 2.45) is 0 Å². The van der Waals surface area contributed by atoms with Crippen LogP contribution in [0.3, 0.4) is 0 Å². The number of aromatic nitrogens is 1. The number of hydrogen-bond acceptors (Lipinski definition) is 8. The van der Waals surface area contributed by atoms with Gasteiger partial charge in [-0.3, -0.25) is 10.2 Å². The number of ether oxygens (including phenoxy) is 1. The molecule has 8 nitrogen and oxygen atoms in total. The molecule has 214 valence electrons. The molecule has 1 aromatic heterocycles. The number of aliphatic hydroxyl groups excluding tert-OH is 1. The van der Waals surface area contributed by atoms with Crippen molar-refractivity contribution in [2.45, 2.75) is 37.7 Å². The first-order valence-electron chi connectivity index (χ1n) is 13.6. The van der Waals surface area contributed by atoms with Crippen molar-refractivity contribution < 1.29 is 23.3 Å². The van der Waals surface area contributed by atoms with Crippen LogP contribution in [0.4, 0.5) is 0 Å². The molecule has 2 N–H and O–H groups in total. The molecule has 1 aliphatic carbocycles. The van der Waals surface area contributed by atoms with Crippen molar-refractivity contribution in [3.63, 3.8) is 0 Å². The van der Waals surface area contributed by atoms with Gasteiger partial charge in [0.05, 0.1) is 37.0 Å². The maximum absolute atomic E-state index is 12.9. The zero-order valence-electron chi connectivity index (χ0n) is 23.5. The molecule has 1 aliphatic rings. The molecule has 0 spiro atoms. The van der Waals surface area contributed by atoms with Crippen molar-refractivity contribution >= 4 is 18.1 Å².